The monoisotopic (exact) mass is 339 g/mol. The Balaban J connectivity index is 2.34. The number of aliphatic carboxylic acids is 1. The average molecular weight is 339 g/mol. The highest BCUT2D eigenvalue weighted by atomic mass is 19.3. The van der Waals surface area contributed by atoms with E-state index in [2.05, 4.69) is 10.1 Å². The van der Waals surface area contributed by atoms with Crippen molar-refractivity contribution < 1.29 is 33.3 Å². The lowest BCUT2D eigenvalue weighted by Crippen LogP contribution is -2.46. The van der Waals surface area contributed by atoms with E-state index in [9.17, 15) is 23.5 Å². The number of ether oxygens (including phenoxy) is 1. The molecule has 0 aliphatic heterocycles. The number of carboxylic acid groups (broad SMARTS) is 1. The van der Waals surface area contributed by atoms with Crippen LogP contribution in [0.1, 0.15) is 17.3 Å². The molecular formula is C16H15F2NO5. The molecule has 1 atom stereocenters. The molecule has 0 fully saturated rings. The van der Waals surface area contributed by atoms with Crippen molar-refractivity contribution in [2.24, 2.45) is 0 Å². The van der Waals surface area contributed by atoms with Crippen molar-refractivity contribution in [2.45, 2.75) is 19.1 Å². The molecule has 6 nitrogen and oxygen atoms in total. The Morgan fingerprint density at radius 3 is 2.38 bits per heavy atom. The van der Waals surface area contributed by atoms with E-state index in [0.29, 0.717) is 10.8 Å². The van der Waals surface area contributed by atoms with E-state index in [4.69, 9.17) is 5.11 Å². The maximum Gasteiger partial charge on any atom is 0.387 e. The number of aliphatic hydroxyl groups is 1. The van der Waals surface area contributed by atoms with Crippen LogP contribution >= 0.6 is 0 Å². The first kappa shape index (κ1) is 17.6. The summed E-state index contributed by atoms with van der Waals surface area (Å²) in [6.45, 7) is -2.71. The molecule has 3 N–H and O–H groups in total. The zero-order valence-electron chi connectivity index (χ0n) is 12.6. The lowest BCUT2D eigenvalue weighted by molar-refractivity contribution is -0.155. The van der Waals surface area contributed by atoms with E-state index >= 15 is 0 Å². The van der Waals surface area contributed by atoms with Gasteiger partial charge in [-0.25, -0.2) is 4.79 Å². The Morgan fingerprint density at radius 2 is 1.83 bits per heavy atom. The number of amides is 1. The number of hydrogen-bond donors (Lipinski definition) is 3. The molecule has 0 aromatic heterocycles. The number of rotatable bonds is 6. The number of carboxylic acids is 1. The van der Waals surface area contributed by atoms with E-state index in [1.165, 1.54) is 12.1 Å². The molecule has 0 radical (unpaired) electrons. The number of carbonyl (C=O) groups is 2. The molecular weight excluding hydrogens is 324 g/mol. The second-order valence-corrected chi connectivity index (χ2v) is 5.34. The van der Waals surface area contributed by atoms with Crippen molar-refractivity contribution >= 4 is 22.6 Å². The fourth-order valence-electron chi connectivity index (χ4n) is 2.01. The Morgan fingerprint density at radius 1 is 1.25 bits per heavy atom. The molecule has 1 amide bonds. The van der Waals surface area contributed by atoms with Crippen LogP contribution in [-0.4, -0.2) is 40.8 Å². The zero-order chi connectivity index (χ0) is 17.9. The second-order valence-electron chi connectivity index (χ2n) is 5.34. The fourth-order valence-corrected chi connectivity index (χ4v) is 2.01. The first-order valence-electron chi connectivity index (χ1n) is 6.92. The topological polar surface area (TPSA) is 95.9 Å². The summed E-state index contributed by atoms with van der Waals surface area (Å²) in [6, 6.07) is 9.44. The third-order valence-electron chi connectivity index (χ3n) is 3.36. The molecule has 2 aromatic carbocycles. The lowest BCUT2D eigenvalue weighted by atomic mass is 10.0. The van der Waals surface area contributed by atoms with Crippen molar-refractivity contribution in [1.29, 1.82) is 0 Å². The van der Waals surface area contributed by atoms with Gasteiger partial charge in [-0.05, 0) is 29.8 Å². The van der Waals surface area contributed by atoms with E-state index in [-0.39, 0.29) is 11.3 Å². The van der Waals surface area contributed by atoms with Gasteiger partial charge in [0.05, 0.1) is 12.1 Å². The van der Waals surface area contributed by atoms with Gasteiger partial charge in [0.15, 0.2) is 5.60 Å². The zero-order valence-corrected chi connectivity index (χ0v) is 12.6. The molecule has 8 heteroatoms. The molecule has 0 saturated carbocycles. The Kier molecular flexibility index (Phi) is 4.99. The number of benzene rings is 2. The van der Waals surface area contributed by atoms with Crippen LogP contribution in [0, 0.1) is 0 Å². The van der Waals surface area contributed by atoms with Gasteiger partial charge in [0, 0.05) is 0 Å². The van der Waals surface area contributed by atoms with Crippen LogP contribution < -0.4 is 10.1 Å². The summed E-state index contributed by atoms with van der Waals surface area (Å²) >= 11 is 0. The predicted octanol–water partition coefficient (Wildman–Crippen LogP) is 2.01. The molecule has 0 heterocycles. The standard InChI is InChI=1S/C16H15F2NO5/c1-16(23,14(21)22)8-19-13(20)11-6-9-4-2-3-5-10(9)7-12(11)24-15(17)18/h2-7,15,23H,8H2,1H3,(H,19,20)(H,21,22). The van der Waals surface area contributed by atoms with Gasteiger partial charge in [-0.15, -0.1) is 0 Å². The van der Waals surface area contributed by atoms with Gasteiger partial charge in [0.2, 0.25) is 0 Å². The maximum atomic E-state index is 12.6. The van der Waals surface area contributed by atoms with Gasteiger partial charge in [-0.3, -0.25) is 4.79 Å². The number of alkyl halides is 2. The molecule has 0 saturated heterocycles. The third kappa shape index (κ3) is 3.96. The minimum Gasteiger partial charge on any atom is -0.479 e. The normalized spacial score (nSPS) is 13.5. The molecule has 0 aliphatic rings. The molecule has 0 spiro atoms. The summed E-state index contributed by atoms with van der Waals surface area (Å²) in [5.41, 5.74) is -2.37. The Bertz CT molecular complexity index is 776. The number of nitrogens with one attached hydrogen (secondary N) is 1. The van der Waals surface area contributed by atoms with E-state index in [0.717, 1.165) is 6.92 Å². The highest BCUT2D eigenvalue weighted by molar-refractivity contribution is 6.01. The van der Waals surface area contributed by atoms with E-state index in [1.54, 1.807) is 24.3 Å². The maximum absolute atomic E-state index is 12.6. The average Bonchev–Trinajstić information content (AvgIpc) is 2.51. The molecule has 2 aromatic rings. The Hall–Kier alpha value is -2.74. The fraction of sp³-hybridized carbons (Fsp3) is 0.250. The highest BCUT2D eigenvalue weighted by Gasteiger charge is 2.31. The van der Waals surface area contributed by atoms with Crippen molar-refractivity contribution in [3.8, 4) is 5.75 Å². The van der Waals surface area contributed by atoms with Gasteiger partial charge >= 0.3 is 12.6 Å². The van der Waals surface area contributed by atoms with Crippen molar-refractivity contribution in [1.82, 2.24) is 5.32 Å². The van der Waals surface area contributed by atoms with Crippen LogP contribution in [0.5, 0.6) is 5.75 Å². The third-order valence-corrected chi connectivity index (χ3v) is 3.36. The first-order valence-corrected chi connectivity index (χ1v) is 6.92. The van der Waals surface area contributed by atoms with Gasteiger partial charge < -0.3 is 20.3 Å². The lowest BCUT2D eigenvalue weighted by Gasteiger charge is -2.19. The van der Waals surface area contributed by atoms with Crippen molar-refractivity contribution in [2.75, 3.05) is 6.54 Å². The van der Waals surface area contributed by atoms with Crippen molar-refractivity contribution in [3.63, 3.8) is 0 Å². The molecule has 0 bridgehead atoms. The largest absolute Gasteiger partial charge is 0.479 e. The summed E-state index contributed by atoms with van der Waals surface area (Å²) in [4.78, 5) is 23.1. The molecule has 2 rings (SSSR count). The Labute approximate surface area is 135 Å². The SMILES string of the molecule is CC(O)(CNC(=O)c1cc2ccccc2cc1OC(F)F)C(=O)O. The quantitative estimate of drug-likeness (QED) is 0.748. The van der Waals surface area contributed by atoms with E-state index in [1.807, 2.05) is 0 Å². The van der Waals surface area contributed by atoms with Crippen LogP contribution in [0.15, 0.2) is 36.4 Å². The summed E-state index contributed by atoms with van der Waals surface area (Å²) in [5.74, 6) is -2.69. The summed E-state index contributed by atoms with van der Waals surface area (Å²) < 4.78 is 29.5. The van der Waals surface area contributed by atoms with Crippen LogP contribution in [-0.2, 0) is 4.79 Å². The summed E-state index contributed by atoms with van der Waals surface area (Å²) in [5, 5.41) is 21.8. The van der Waals surface area contributed by atoms with Crippen molar-refractivity contribution in [3.05, 3.63) is 42.0 Å². The van der Waals surface area contributed by atoms with Crippen LogP contribution in [0.25, 0.3) is 10.8 Å². The van der Waals surface area contributed by atoms with Gasteiger partial charge in [-0.2, -0.15) is 8.78 Å². The molecule has 24 heavy (non-hydrogen) atoms. The number of carbonyl (C=O) groups excluding carboxylic acids is 1. The van der Waals surface area contributed by atoms with Gasteiger partial charge in [0.1, 0.15) is 5.75 Å². The molecule has 128 valence electrons. The molecule has 1 unspecified atom stereocenters. The van der Waals surface area contributed by atoms with E-state index < -0.39 is 30.6 Å². The summed E-state index contributed by atoms with van der Waals surface area (Å²) in [6.07, 6.45) is 0. The minimum absolute atomic E-state index is 0.185. The highest BCUT2D eigenvalue weighted by Crippen LogP contribution is 2.27. The first-order chi connectivity index (χ1) is 11.2. The second kappa shape index (κ2) is 6.79. The van der Waals surface area contributed by atoms with Gasteiger partial charge in [0.25, 0.3) is 5.91 Å². The minimum atomic E-state index is -3.13. The molecule has 0 aliphatic carbocycles. The van der Waals surface area contributed by atoms with Crippen LogP contribution in [0.3, 0.4) is 0 Å². The van der Waals surface area contributed by atoms with Crippen LogP contribution in [0.2, 0.25) is 0 Å². The predicted molar refractivity (Wildman–Crippen MR) is 81.2 cm³/mol. The van der Waals surface area contributed by atoms with Gasteiger partial charge in [-0.1, -0.05) is 24.3 Å². The number of hydrogen-bond acceptors (Lipinski definition) is 4. The number of fused-ring (bicyclic) bond motifs is 1. The number of halogens is 2. The van der Waals surface area contributed by atoms with Crippen LogP contribution in [0.4, 0.5) is 8.78 Å². The smallest absolute Gasteiger partial charge is 0.387 e. The summed E-state index contributed by atoms with van der Waals surface area (Å²) in [7, 11) is 0.